The molecule has 1 heterocycles. The molecule has 2 aromatic carbocycles. The number of carbonyl (C=O) groups excluding carboxylic acids is 1. The molecular formula is C17H16N2O5S2. The molecule has 0 radical (unpaired) electrons. The molecule has 0 atom stereocenters. The number of fused-ring (bicyclic) bond motifs is 1. The molecule has 0 spiro atoms. The molecule has 26 heavy (non-hydrogen) atoms. The van der Waals surface area contributed by atoms with Crippen molar-refractivity contribution in [2.24, 2.45) is 7.05 Å². The van der Waals surface area contributed by atoms with Crippen molar-refractivity contribution in [3.05, 3.63) is 57.7 Å². The van der Waals surface area contributed by atoms with E-state index in [1.807, 2.05) is 0 Å². The lowest BCUT2D eigenvalue weighted by Crippen LogP contribution is -2.31. The molecule has 0 unspecified atom stereocenters. The number of nitrogens with one attached hydrogen (secondary N) is 1. The van der Waals surface area contributed by atoms with E-state index in [0.29, 0.717) is 21.5 Å². The lowest BCUT2D eigenvalue weighted by molar-refractivity contribution is -0.118. The number of aryl methyl sites for hydroxylation is 1. The average molecular weight is 392 g/mol. The Bertz CT molecular complexity index is 1130. The van der Waals surface area contributed by atoms with Crippen molar-refractivity contribution in [2.45, 2.75) is 11.3 Å². The number of benzene rings is 2. The highest BCUT2D eigenvalue weighted by Crippen LogP contribution is 2.21. The van der Waals surface area contributed by atoms with Crippen LogP contribution in [0.2, 0.25) is 0 Å². The predicted molar refractivity (Wildman–Crippen MR) is 99.1 cm³/mol. The van der Waals surface area contributed by atoms with Gasteiger partial charge in [0, 0.05) is 7.05 Å². The molecule has 3 aromatic rings. The van der Waals surface area contributed by atoms with Gasteiger partial charge in [-0.2, -0.15) is 0 Å². The summed E-state index contributed by atoms with van der Waals surface area (Å²) in [5.41, 5.74) is 1.30. The summed E-state index contributed by atoms with van der Waals surface area (Å²) in [6.07, 6.45) is -0.0792. The third-order valence-electron chi connectivity index (χ3n) is 3.85. The summed E-state index contributed by atoms with van der Waals surface area (Å²) >= 11 is 0.952. The number of aromatic nitrogens is 1. The van der Waals surface area contributed by atoms with Crippen LogP contribution >= 0.6 is 11.3 Å². The quantitative estimate of drug-likeness (QED) is 0.713. The van der Waals surface area contributed by atoms with Gasteiger partial charge in [-0.3, -0.25) is 9.59 Å². The third kappa shape index (κ3) is 3.63. The molecule has 3 rings (SSSR count). The van der Waals surface area contributed by atoms with Crippen molar-refractivity contribution < 1.29 is 17.9 Å². The molecule has 9 heteroatoms. The number of hydrogen-bond acceptors (Lipinski definition) is 6. The minimum atomic E-state index is -4.02. The van der Waals surface area contributed by atoms with Gasteiger partial charge in [-0.1, -0.05) is 23.5 Å². The van der Waals surface area contributed by atoms with Crippen LogP contribution in [0.15, 0.2) is 52.2 Å². The van der Waals surface area contributed by atoms with Crippen molar-refractivity contribution in [1.82, 2.24) is 9.29 Å². The van der Waals surface area contributed by atoms with Gasteiger partial charge in [0.15, 0.2) is 0 Å². The second-order valence-electron chi connectivity index (χ2n) is 5.61. The number of hydrogen-bond donors (Lipinski definition) is 1. The molecule has 1 aromatic heterocycles. The molecule has 0 aliphatic heterocycles. The van der Waals surface area contributed by atoms with Crippen molar-refractivity contribution in [3.63, 3.8) is 0 Å². The highest BCUT2D eigenvalue weighted by molar-refractivity contribution is 7.90. The van der Waals surface area contributed by atoms with Crippen LogP contribution in [-0.2, 0) is 28.3 Å². The summed E-state index contributed by atoms with van der Waals surface area (Å²) in [7, 11) is -0.863. The van der Waals surface area contributed by atoms with Crippen LogP contribution in [0.5, 0.6) is 5.75 Å². The molecule has 0 aliphatic rings. The van der Waals surface area contributed by atoms with E-state index in [-0.39, 0.29) is 16.2 Å². The Hall–Kier alpha value is -2.65. The number of amides is 1. The van der Waals surface area contributed by atoms with E-state index in [9.17, 15) is 18.0 Å². The molecule has 1 amide bonds. The Morgan fingerprint density at radius 1 is 1.19 bits per heavy atom. The van der Waals surface area contributed by atoms with E-state index in [1.165, 1.54) is 23.8 Å². The van der Waals surface area contributed by atoms with E-state index in [0.717, 1.165) is 11.3 Å². The highest BCUT2D eigenvalue weighted by Gasteiger charge is 2.19. The normalized spacial score (nSPS) is 11.5. The topological polar surface area (TPSA) is 94.5 Å². The summed E-state index contributed by atoms with van der Waals surface area (Å²) in [6, 6.07) is 11.1. The fourth-order valence-corrected chi connectivity index (χ4v) is 4.46. The Kier molecular flexibility index (Phi) is 4.84. The second kappa shape index (κ2) is 6.93. The van der Waals surface area contributed by atoms with E-state index >= 15 is 0 Å². The second-order valence-corrected chi connectivity index (χ2v) is 8.29. The summed E-state index contributed by atoms with van der Waals surface area (Å²) < 4.78 is 34.0. The maximum Gasteiger partial charge on any atom is 0.307 e. The first kappa shape index (κ1) is 18.2. The van der Waals surface area contributed by atoms with Gasteiger partial charge >= 0.3 is 4.87 Å². The highest BCUT2D eigenvalue weighted by atomic mass is 32.2. The van der Waals surface area contributed by atoms with Crippen LogP contribution in [0.3, 0.4) is 0 Å². The zero-order chi connectivity index (χ0) is 18.9. The first-order chi connectivity index (χ1) is 12.3. The van der Waals surface area contributed by atoms with E-state index in [4.69, 9.17) is 4.74 Å². The standard InChI is InChI=1S/C17H16N2O5S2/c1-19-14-8-7-13(10-15(14)25-17(19)21)26(22,23)18-16(20)9-11-3-5-12(24-2)6-4-11/h3-8,10H,9H2,1-2H3,(H,18,20). The van der Waals surface area contributed by atoms with Gasteiger partial charge in [0.1, 0.15) is 5.75 Å². The van der Waals surface area contributed by atoms with Crippen molar-refractivity contribution in [2.75, 3.05) is 7.11 Å². The fourth-order valence-electron chi connectivity index (χ4n) is 2.45. The molecule has 0 bridgehead atoms. The SMILES string of the molecule is COc1ccc(CC(=O)NS(=O)(=O)c2ccc3c(c2)sc(=O)n3C)cc1. The number of methoxy groups -OCH3 is 1. The van der Waals surface area contributed by atoms with Gasteiger partial charge in [-0.15, -0.1) is 0 Å². The minimum Gasteiger partial charge on any atom is -0.497 e. The van der Waals surface area contributed by atoms with Gasteiger partial charge in [-0.25, -0.2) is 13.1 Å². The third-order valence-corrected chi connectivity index (χ3v) is 6.21. The van der Waals surface area contributed by atoms with E-state index < -0.39 is 15.9 Å². The van der Waals surface area contributed by atoms with Gasteiger partial charge < -0.3 is 9.30 Å². The Morgan fingerprint density at radius 3 is 2.54 bits per heavy atom. The van der Waals surface area contributed by atoms with Crippen molar-refractivity contribution in [3.8, 4) is 5.75 Å². The summed E-state index contributed by atoms with van der Waals surface area (Å²) in [5, 5.41) is 0. The number of nitrogens with zero attached hydrogens (tertiary/aromatic N) is 1. The Morgan fingerprint density at radius 2 is 1.88 bits per heavy atom. The number of carbonyl (C=O) groups is 1. The van der Waals surface area contributed by atoms with Gasteiger partial charge in [0.2, 0.25) is 5.91 Å². The number of thiazole rings is 1. The van der Waals surface area contributed by atoms with Crippen LogP contribution in [0.25, 0.3) is 10.2 Å². The lowest BCUT2D eigenvalue weighted by Gasteiger charge is -2.08. The zero-order valence-corrected chi connectivity index (χ0v) is 15.7. The molecule has 0 saturated heterocycles. The van der Waals surface area contributed by atoms with Crippen molar-refractivity contribution >= 4 is 37.5 Å². The first-order valence-corrected chi connectivity index (χ1v) is 9.88. The zero-order valence-electron chi connectivity index (χ0n) is 14.1. The van der Waals surface area contributed by atoms with Crippen LogP contribution in [0.1, 0.15) is 5.56 Å². The number of ether oxygens (including phenoxy) is 1. The molecule has 7 nitrogen and oxygen atoms in total. The van der Waals surface area contributed by atoms with Gasteiger partial charge in [0.05, 0.1) is 28.6 Å². The maximum absolute atomic E-state index is 12.4. The molecule has 1 N–H and O–H groups in total. The largest absolute Gasteiger partial charge is 0.497 e. The van der Waals surface area contributed by atoms with Crippen LogP contribution in [-0.4, -0.2) is 26.0 Å². The van der Waals surface area contributed by atoms with E-state index in [1.54, 1.807) is 37.4 Å². The molecule has 0 saturated carbocycles. The van der Waals surface area contributed by atoms with Crippen molar-refractivity contribution in [1.29, 1.82) is 0 Å². The molecule has 0 aliphatic carbocycles. The van der Waals surface area contributed by atoms with Crippen LogP contribution in [0, 0.1) is 0 Å². The average Bonchev–Trinajstić information content (AvgIpc) is 2.89. The van der Waals surface area contributed by atoms with E-state index in [2.05, 4.69) is 4.72 Å². The number of sulfonamides is 1. The maximum atomic E-state index is 12.4. The monoisotopic (exact) mass is 392 g/mol. The minimum absolute atomic E-state index is 0.0602. The Labute approximate surface area is 153 Å². The fraction of sp³-hybridized carbons (Fsp3) is 0.176. The van der Waals surface area contributed by atoms with Gasteiger partial charge in [-0.05, 0) is 35.9 Å². The predicted octanol–water partition coefficient (Wildman–Crippen LogP) is 1.66. The smallest absolute Gasteiger partial charge is 0.307 e. The summed E-state index contributed by atoms with van der Waals surface area (Å²) in [4.78, 5) is 23.5. The van der Waals surface area contributed by atoms with Crippen LogP contribution in [0.4, 0.5) is 0 Å². The molecular weight excluding hydrogens is 376 g/mol. The molecule has 136 valence electrons. The van der Waals surface area contributed by atoms with Crippen LogP contribution < -0.4 is 14.3 Å². The summed E-state index contributed by atoms with van der Waals surface area (Å²) in [6.45, 7) is 0. The van der Waals surface area contributed by atoms with Gasteiger partial charge in [0.25, 0.3) is 10.0 Å². The number of rotatable bonds is 5. The Balaban J connectivity index is 1.79. The summed E-state index contributed by atoms with van der Waals surface area (Å²) in [5.74, 6) is 0.00782. The first-order valence-electron chi connectivity index (χ1n) is 7.58. The molecule has 0 fully saturated rings. The lowest BCUT2D eigenvalue weighted by atomic mass is 10.1.